The van der Waals surface area contributed by atoms with Gasteiger partial charge in [0.05, 0.1) is 5.56 Å². The summed E-state index contributed by atoms with van der Waals surface area (Å²) in [7, 11) is 0. The first-order valence-electron chi connectivity index (χ1n) is 3.87. The first-order chi connectivity index (χ1) is 6.63. The van der Waals surface area contributed by atoms with E-state index in [1.54, 1.807) is 12.1 Å². The summed E-state index contributed by atoms with van der Waals surface area (Å²) in [5.74, 6) is -1.48. The first-order valence-corrected chi connectivity index (χ1v) is 3.87. The van der Waals surface area contributed by atoms with Gasteiger partial charge in [-0.3, -0.25) is 0 Å². The van der Waals surface area contributed by atoms with Crippen LogP contribution in [0.1, 0.15) is 10.4 Å². The molecule has 0 radical (unpaired) electrons. The molecule has 0 aromatic heterocycles. The van der Waals surface area contributed by atoms with Crippen molar-refractivity contribution in [1.29, 1.82) is 0 Å². The lowest BCUT2D eigenvalue weighted by Gasteiger charge is -1.99. The molecule has 1 rings (SSSR count). The van der Waals surface area contributed by atoms with Gasteiger partial charge < -0.3 is 10.5 Å². The van der Waals surface area contributed by atoms with Gasteiger partial charge in [-0.2, -0.15) is 0 Å². The van der Waals surface area contributed by atoms with E-state index in [9.17, 15) is 9.59 Å². The number of ether oxygens (including phenoxy) is 1. The minimum atomic E-state index is -0.771. The molecule has 0 aliphatic heterocycles. The Hall–Kier alpha value is -2.10. The van der Waals surface area contributed by atoms with E-state index in [4.69, 9.17) is 5.73 Å². The van der Waals surface area contributed by atoms with Gasteiger partial charge in [-0.25, -0.2) is 9.59 Å². The lowest BCUT2D eigenvalue weighted by molar-refractivity contribution is -0.132. The van der Waals surface area contributed by atoms with Crippen molar-refractivity contribution in [3.05, 3.63) is 42.5 Å². The fraction of sp³-hybridized carbons (Fsp3) is 0. The second-order valence-electron chi connectivity index (χ2n) is 2.53. The largest absolute Gasteiger partial charge is 0.399 e. The molecular weight excluding hydrogens is 182 g/mol. The Morgan fingerprint density at radius 2 is 1.86 bits per heavy atom. The van der Waals surface area contributed by atoms with Crippen LogP contribution in [0.2, 0.25) is 0 Å². The summed E-state index contributed by atoms with van der Waals surface area (Å²) in [6.07, 6.45) is 0.926. The molecule has 0 atom stereocenters. The van der Waals surface area contributed by atoms with Gasteiger partial charge >= 0.3 is 11.9 Å². The molecule has 0 amide bonds. The predicted octanol–water partition coefficient (Wildman–Crippen LogP) is 1.14. The number of nitrogen functional groups attached to an aromatic ring is 1. The van der Waals surface area contributed by atoms with Gasteiger partial charge in [-0.15, -0.1) is 0 Å². The number of benzene rings is 1. The van der Waals surface area contributed by atoms with Crippen LogP contribution in [0.15, 0.2) is 36.9 Å². The van der Waals surface area contributed by atoms with E-state index in [1.807, 2.05) is 0 Å². The van der Waals surface area contributed by atoms with Crippen molar-refractivity contribution in [3.8, 4) is 0 Å². The highest BCUT2D eigenvalue weighted by Gasteiger charge is 2.09. The summed E-state index contributed by atoms with van der Waals surface area (Å²) >= 11 is 0. The fourth-order valence-corrected chi connectivity index (χ4v) is 0.811. The van der Waals surface area contributed by atoms with E-state index in [0.717, 1.165) is 6.08 Å². The Kier molecular flexibility index (Phi) is 3.01. The molecule has 0 aliphatic carbocycles. The van der Waals surface area contributed by atoms with Gasteiger partial charge in [0.2, 0.25) is 0 Å². The Balaban J connectivity index is 2.75. The molecule has 14 heavy (non-hydrogen) atoms. The molecule has 0 bridgehead atoms. The van der Waals surface area contributed by atoms with E-state index in [2.05, 4.69) is 11.3 Å². The third-order valence-electron chi connectivity index (χ3n) is 1.51. The quantitative estimate of drug-likeness (QED) is 0.329. The Bertz CT molecular complexity index is 367. The molecule has 0 heterocycles. The fourth-order valence-electron chi connectivity index (χ4n) is 0.811. The van der Waals surface area contributed by atoms with Gasteiger partial charge in [0.25, 0.3) is 0 Å². The second kappa shape index (κ2) is 4.23. The van der Waals surface area contributed by atoms with Crippen molar-refractivity contribution in [1.82, 2.24) is 0 Å². The zero-order valence-corrected chi connectivity index (χ0v) is 7.40. The van der Waals surface area contributed by atoms with Crippen LogP contribution in [-0.2, 0) is 9.53 Å². The summed E-state index contributed by atoms with van der Waals surface area (Å²) in [5, 5.41) is 0. The van der Waals surface area contributed by atoms with Gasteiger partial charge in [0.1, 0.15) is 0 Å². The summed E-state index contributed by atoms with van der Waals surface area (Å²) < 4.78 is 4.39. The summed E-state index contributed by atoms with van der Waals surface area (Å²) in [5.41, 5.74) is 6.23. The maximum atomic E-state index is 11.2. The van der Waals surface area contributed by atoms with Crippen LogP contribution in [0.4, 0.5) is 5.69 Å². The molecule has 1 aromatic carbocycles. The van der Waals surface area contributed by atoms with Gasteiger partial charge in [0.15, 0.2) is 0 Å². The molecular formula is C10H9NO3. The van der Waals surface area contributed by atoms with Gasteiger partial charge in [-0.1, -0.05) is 6.58 Å². The molecule has 2 N–H and O–H groups in total. The molecule has 72 valence electrons. The van der Waals surface area contributed by atoms with Gasteiger partial charge in [0, 0.05) is 11.8 Å². The number of anilines is 1. The molecule has 0 fully saturated rings. The molecule has 4 heteroatoms. The van der Waals surface area contributed by atoms with Crippen molar-refractivity contribution >= 4 is 17.6 Å². The number of hydrogen-bond acceptors (Lipinski definition) is 4. The van der Waals surface area contributed by atoms with E-state index in [0.29, 0.717) is 5.69 Å². The van der Waals surface area contributed by atoms with E-state index >= 15 is 0 Å². The van der Waals surface area contributed by atoms with E-state index in [1.165, 1.54) is 12.1 Å². The summed E-state index contributed by atoms with van der Waals surface area (Å²) in [4.78, 5) is 21.9. The maximum absolute atomic E-state index is 11.2. The van der Waals surface area contributed by atoms with Crippen LogP contribution in [0.25, 0.3) is 0 Å². The van der Waals surface area contributed by atoms with Crippen LogP contribution in [-0.4, -0.2) is 11.9 Å². The van der Waals surface area contributed by atoms with Crippen LogP contribution in [0.5, 0.6) is 0 Å². The molecule has 0 unspecified atom stereocenters. The molecule has 0 spiro atoms. The van der Waals surface area contributed by atoms with Crippen molar-refractivity contribution < 1.29 is 14.3 Å². The number of rotatable bonds is 2. The highest BCUT2D eigenvalue weighted by molar-refractivity contribution is 5.99. The number of hydrogen-bond donors (Lipinski definition) is 1. The number of esters is 2. The topological polar surface area (TPSA) is 69.4 Å². The van der Waals surface area contributed by atoms with E-state index < -0.39 is 11.9 Å². The van der Waals surface area contributed by atoms with Crippen LogP contribution >= 0.6 is 0 Å². The highest BCUT2D eigenvalue weighted by atomic mass is 16.6. The third-order valence-corrected chi connectivity index (χ3v) is 1.51. The maximum Gasteiger partial charge on any atom is 0.346 e. The predicted molar refractivity (Wildman–Crippen MR) is 51.5 cm³/mol. The van der Waals surface area contributed by atoms with E-state index in [-0.39, 0.29) is 5.56 Å². The Labute approximate surface area is 81.0 Å². The minimum absolute atomic E-state index is 0.273. The molecule has 0 aliphatic rings. The first kappa shape index (κ1) is 9.98. The number of carbonyl (C=O) groups is 2. The average Bonchev–Trinajstić information content (AvgIpc) is 2.18. The van der Waals surface area contributed by atoms with Crippen molar-refractivity contribution in [3.63, 3.8) is 0 Å². The molecule has 0 saturated heterocycles. The van der Waals surface area contributed by atoms with Crippen molar-refractivity contribution in [2.45, 2.75) is 0 Å². The summed E-state index contributed by atoms with van der Waals surface area (Å²) in [6, 6.07) is 6.06. The highest BCUT2D eigenvalue weighted by Crippen LogP contribution is 2.06. The zero-order chi connectivity index (χ0) is 10.6. The minimum Gasteiger partial charge on any atom is -0.399 e. The zero-order valence-electron chi connectivity index (χ0n) is 7.40. The number of carbonyl (C=O) groups excluding carboxylic acids is 2. The van der Waals surface area contributed by atoms with Crippen molar-refractivity contribution in [2.24, 2.45) is 0 Å². The van der Waals surface area contributed by atoms with Crippen LogP contribution < -0.4 is 5.73 Å². The second-order valence-corrected chi connectivity index (χ2v) is 2.53. The third kappa shape index (κ3) is 2.45. The molecule has 0 saturated carbocycles. The number of nitrogens with two attached hydrogens (primary N) is 1. The lowest BCUT2D eigenvalue weighted by atomic mass is 10.2. The van der Waals surface area contributed by atoms with Crippen LogP contribution in [0.3, 0.4) is 0 Å². The molecule has 1 aromatic rings. The smallest absolute Gasteiger partial charge is 0.346 e. The monoisotopic (exact) mass is 191 g/mol. The molecule has 4 nitrogen and oxygen atoms in total. The van der Waals surface area contributed by atoms with Crippen LogP contribution in [0, 0.1) is 0 Å². The normalized spacial score (nSPS) is 9.14. The Morgan fingerprint density at radius 3 is 2.36 bits per heavy atom. The summed E-state index contributed by atoms with van der Waals surface area (Å²) in [6.45, 7) is 3.17. The Morgan fingerprint density at radius 1 is 1.29 bits per heavy atom. The standard InChI is InChI=1S/C10H9NO3/c1-2-9(12)14-10(13)7-3-5-8(11)6-4-7/h2-6H,1,11H2. The average molecular weight is 191 g/mol. The SMILES string of the molecule is C=CC(=O)OC(=O)c1ccc(N)cc1. The lowest BCUT2D eigenvalue weighted by Crippen LogP contribution is -2.09. The van der Waals surface area contributed by atoms with Crippen molar-refractivity contribution in [2.75, 3.05) is 5.73 Å². The van der Waals surface area contributed by atoms with Gasteiger partial charge in [-0.05, 0) is 24.3 Å².